The van der Waals surface area contributed by atoms with E-state index in [0.29, 0.717) is 12.4 Å². The number of nitrogens with zero attached hydrogens (tertiary/aromatic N) is 2. The van der Waals surface area contributed by atoms with E-state index in [2.05, 4.69) is 10.3 Å². The molecule has 20 heavy (non-hydrogen) atoms. The Morgan fingerprint density at radius 1 is 1.35 bits per heavy atom. The van der Waals surface area contributed by atoms with Crippen molar-refractivity contribution in [2.24, 2.45) is 5.14 Å². The molecule has 2 rings (SSSR count). The van der Waals surface area contributed by atoms with E-state index < -0.39 is 14.9 Å². The van der Waals surface area contributed by atoms with Crippen molar-refractivity contribution in [1.29, 1.82) is 0 Å². The molecular formula is C10H10N4O4S2. The lowest BCUT2D eigenvalue weighted by Crippen LogP contribution is -2.09. The number of hydrogen-bond acceptors (Lipinski definition) is 7. The monoisotopic (exact) mass is 314 g/mol. The first-order valence-electron chi connectivity index (χ1n) is 5.32. The molecule has 8 nitrogen and oxygen atoms in total. The van der Waals surface area contributed by atoms with Crippen LogP contribution in [0.15, 0.2) is 34.7 Å². The van der Waals surface area contributed by atoms with Crippen molar-refractivity contribution in [2.75, 3.05) is 5.32 Å². The Morgan fingerprint density at radius 2 is 2.10 bits per heavy atom. The lowest BCUT2D eigenvalue weighted by Gasteiger charge is -2.02. The van der Waals surface area contributed by atoms with Crippen LogP contribution >= 0.6 is 11.3 Å². The molecule has 0 bridgehead atoms. The van der Waals surface area contributed by atoms with Crippen LogP contribution in [0.5, 0.6) is 0 Å². The number of sulfonamides is 1. The minimum Gasteiger partial charge on any atom is -0.365 e. The molecule has 0 fully saturated rings. The van der Waals surface area contributed by atoms with Crippen molar-refractivity contribution in [3.8, 4) is 0 Å². The summed E-state index contributed by atoms with van der Waals surface area (Å²) in [6, 6.07) is 5.88. The number of rotatable bonds is 5. The normalized spacial score (nSPS) is 11.2. The third-order valence-electron chi connectivity index (χ3n) is 2.32. The predicted octanol–water partition coefficient (Wildman–Crippen LogP) is 1.31. The van der Waals surface area contributed by atoms with Gasteiger partial charge in [0.05, 0.1) is 11.5 Å². The Balaban J connectivity index is 2.02. The van der Waals surface area contributed by atoms with E-state index in [9.17, 15) is 18.5 Å². The van der Waals surface area contributed by atoms with E-state index in [0.717, 1.165) is 22.4 Å². The SMILES string of the molecule is NS(=O)(=O)c1ccc(CNc2ccc([N+](=O)[O-])cn2)s1. The number of nitro groups is 1. The zero-order chi connectivity index (χ0) is 14.8. The van der Waals surface area contributed by atoms with Gasteiger partial charge < -0.3 is 5.32 Å². The molecule has 2 aromatic rings. The largest absolute Gasteiger partial charge is 0.365 e. The van der Waals surface area contributed by atoms with Crippen molar-refractivity contribution < 1.29 is 13.3 Å². The first-order chi connectivity index (χ1) is 9.36. The molecule has 0 aliphatic heterocycles. The van der Waals surface area contributed by atoms with Gasteiger partial charge in [-0.15, -0.1) is 11.3 Å². The smallest absolute Gasteiger partial charge is 0.287 e. The van der Waals surface area contributed by atoms with Gasteiger partial charge in [0.15, 0.2) is 0 Å². The van der Waals surface area contributed by atoms with Crippen LogP contribution in [0.1, 0.15) is 4.88 Å². The summed E-state index contributed by atoms with van der Waals surface area (Å²) in [5.74, 6) is 0.459. The van der Waals surface area contributed by atoms with Crippen LogP contribution in [0.25, 0.3) is 0 Å². The zero-order valence-corrected chi connectivity index (χ0v) is 11.6. The van der Waals surface area contributed by atoms with E-state index >= 15 is 0 Å². The molecule has 0 aliphatic carbocycles. The number of anilines is 1. The lowest BCUT2D eigenvalue weighted by molar-refractivity contribution is -0.385. The van der Waals surface area contributed by atoms with Gasteiger partial charge in [0.2, 0.25) is 10.0 Å². The van der Waals surface area contributed by atoms with Gasteiger partial charge in [-0.3, -0.25) is 10.1 Å². The second kappa shape index (κ2) is 5.53. The van der Waals surface area contributed by atoms with Crippen LogP contribution in [-0.4, -0.2) is 18.3 Å². The predicted molar refractivity (Wildman–Crippen MR) is 73.9 cm³/mol. The van der Waals surface area contributed by atoms with Gasteiger partial charge in [0.25, 0.3) is 5.69 Å². The zero-order valence-electron chi connectivity index (χ0n) is 10.0. The van der Waals surface area contributed by atoms with Crippen molar-refractivity contribution in [3.63, 3.8) is 0 Å². The first kappa shape index (κ1) is 14.4. The third kappa shape index (κ3) is 3.50. The molecule has 2 heterocycles. The van der Waals surface area contributed by atoms with Crippen LogP contribution in [0.3, 0.4) is 0 Å². The number of nitrogens with two attached hydrogens (primary N) is 1. The highest BCUT2D eigenvalue weighted by Gasteiger charge is 2.11. The van der Waals surface area contributed by atoms with E-state index in [1.54, 1.807) is 6.07 Å². The summed E-state index contributed by atoms with van der Waals surface area (Å²) in [7, 11) is -3.68. The Kier molecular flexibility index (Phi) is 3.97. The maximum Gasteiger partial charge on any atom is 0.287 e. The number of thiophene rings is 1. The molecule has 0 amide bonds. The van der Waals surface area contributed by atoms with Crippen LogP contribution in [0.2, 0.25) is 0 Å². The van der Waals surface area contributed by atoms with E-state index in [1.165, 1.54) is 18.2 Å². The Labute approximate surface area is 118 Å². The number of nitrogens with one attached hydrogen (secondary N) is 1. The van der Waals surface area contributed by atoms with Crippen LogP contribution in [0, 0.1) is 10.1 Å². The number of hydrogen-bond donors (Lipinski definition) is 2. The van der Waals surface area contributed by atoms with E-state index in [-0.39, 0.29) is 9.90 Å². The number of aromatic nitrogens is 1. The molecular weight excluding hydrogens is 304 g/mol. The molecule has 0 aliphatic rings. The topological polar surface area (TPSA) is 128 Å². The maximum atomic E-state index is 11.1. The van der Waals surface area contributed by atoms with Gasteiger partial charge in [-0.05, 0) is 18.2 Å². The summed E-state index contributed by atoms with van der Waals surface area (Å²) in [4.78, 5) is 14.6. The summed E-state index contributed by atoms with van der Waals surface area (Å²) in [6.45, 7) is 0.352. The number of pyridine rings is 1. The Morgan fingerprint density at radius 3 is 2.60 bits per heavy atom. The fourth-order valence-electron chi connectivity index (χ4n) is 1.38. The van der Waals surface area contributed by atoms with Crippen molar-refractivity contribution in [1.82, 2.24) is 4.98 Å². The molecule has 0 unspecified atom stereocenters. The maximum absolute atomic E-state index is 11.1. The molecule has 0 aromatic carbocycles. The minimum atomic E-state index is -3.68. The third-order valence-corrected chi connectivity index (χ3v) is 4.84. The Hall–Kier alpha value is -2.04. The van der Waals surface area contributed by atoms with Gasteiger partial charge in [0.1, 0.15) is 16.2 Å². The minimum absolute atomic E-state index is 0.0889. The highest BCUT2D eigenvalue weighted by atomic mass is 32.2. The fraction of sp³-hybridized carbons (Fsp3) is 0.100. The average molecular weight is 314 g/mol. The highest BCUT2D eigenvalue weighted by Crippen LogP contribution is 2.21. The summed E-state index contributed by atoms with van der Waals surface area (Å²) in [6.07, 6.45) is 1.15. The van der Waals surface area contributed by atoms with Gasteiger partial charge in [-0.1, -0.05) is 0 Å². The van der Waals surface area contributed by atoms with Crippen molar-refractivity contribution in [3.05, 3.63) is 45.5 Å². The summed E-state index contributed by atoms with van der Waals surface area (Å²) >= 11 is 1.06. The number of primary sulfonamides is 1. The average Bonchev–Trinajstić information content (AvgIpc) is 2.85. The second-order valence-electron chi connectivity index (χ2n) is 3.78. The second-order valence-corrected chi connectivity index (χ2v) is 6.73. The van der Waals surface area contributed by atoms with E-state index in [4.69, 9.17) is 5.14 Å². The summed E-state index contributed by atoms with van der Waals surface area (Å²) in [5.41, 5.74) is -0.0943. The van der Waals surface area contributed by atoms with Gasteiger partial charge in [0, 0.05) is 10.9 Å². The summed E-state index contributed by atoms with van der Waals surface area (Å²) in [5, 5.41) is 18.4. The van der Waals surface area contributed by atoms with Crippen LogP contribution in [0.4, 0.5) is 11.5 Å². The van der Waals surface area contributed by atoms with Crippen LogP contribution in [-0.2, 0) is 16.6 Å². The molecule has 3 N–H and O–H groups in total. The van der Waals surface area contributed by atoms with Gasteiger partial charge in [-0.25, -0.2) is 18.5 Å². The highest BCUT2D eigenvalue weighted by molar-refractivity contribution is 7.91. The molecule has 2 aromatic heterocycles. The Bertz CT molecular complexity index is 724. The quantitative estimate of drug-likeness (QED) is 0.632. The lowest BCUT2D eigenvalue weighted by atomic mass is 10.4. The fourth-order valence-corrected chi connectivity index (χ4v) is 3.10. The van der Waals surface area contributed by atoms with Crippen molar-refractivity contribution >= 4 is 32.9 Å². The molecule has 0 saturated heterocycles. The molecule has 10 heteroatoms. The summed E-state index contributed by atoms with van der Waals surface area (Å²) < 4.78 is 22.3. The van der Waals surface area contributed by atoms with E-state index in [1.807, 2.05) is 0 Å². The molecule has 0 atom stereocenters. The van der Waals surface area contributed by atoms with Crippen LogP contribution < -0.4 is 10.5 Å². The van der Waals surface area contributed by atoms with Gasteiger partial charge >= 0.3 is 0 Å². The molecule has 0 spiro atoms. The van der Waals surface area contributed by atoms with Gasteiger partial charge in [-0.2, -0.15) is 0 Å². The first-order valence-corrected chi connectivity index (χ1v) is 7.68. The molecule has 106 valence electrons. The standard InChI is InChI=1S/C10H10N4O4S2/c11-20(17,18)10-4-2-8(19-10)6-13-9-3-1-7(5-12-9)14(15)16/h1-5H,6H2,(H,12,13)(H2,11,17,18). The van der Waals surface area contributed by atoms with Crippen molar-refractivity contribution in [2.45, 2.75) is 10.8 Å². The molecule has 0 radical (unpaired) electrons. The molecule has 0 saturated carbocycles.